The van der Waals surface area contributed by atoms with E-state index in [1.807, 2.05) is 11.8 Å². The Morgan fingerprint density at radius 1 is 1.32 bits per heavy atom. The molecule has 120 valence electrons. The molecule has 2 saturated heterocycles. The average Bonchev–Trinajstić information content (AvgIpc) is 3.06. The maximum atomic E-state index is 12.5. The van der Waals surface area contributed by atoms with Crippen LogP contribution >= 0.6 is 0 Å². The van der Waals surface area contributed by atoms with Crippen molar-refractivity contribution in [3.63, 3.8) is 0 Å². The lowest BCUT2D eigenvalue weighted by Crippen LogP contribution is -2.36. The molecule has 1 aromatic rings. The standard InChI is InChI=1S/C16H24N4O2/c1-12-10-14(15(21)20-7-3-2-4-8-20)19-16(18-12)17-11-13-6-5-9-22-13/h10,13H,2-9,11H2,1H3,(H,17,18,19). The van der Waals surface area contributed by atoms with E-state index in [-0.39, 0.29) is 12.0 Å². The summed E-state index contributed by atoms with van der Waals surface area (Å²) < 4.78 is 5.58. The molecule has 6 heteroatoms. The summed E-state index contributed by atoms with van der Waals surface area (Å²) in [6.07, 6.45) is 5.78. The van der Waals surface area contributed by atoms with Crippen LogP contribution in [0.3, 0.4) is 0 Å². The van der Waals surface area contributed by atoms with E-state index >= 15 is 0 Å². The summed E-state index contributed by atoms with van der Waals surface area (Å²) in [5.41, 5.74) is 1.30. The molecule has 1 unspecified atom stereocenters. The van der Waals surface area contributed by atoms with Crippen molar-refractivity contribution in [3.8, 4) is 0 Å². The molecule has 1 atom stereocenters. The Bertz CT molecular complexity index is 523. The molecular formula is C16H24N4O2. The summed E-state index contributed by atoms with van der Waals surface area (Å²) in [4.78, 5) is 23.2. The molecule has 0 saturated carbocycles. The lowest BCUT2D eigenvalue weighted by Gasteiger charge is -2.26. The molecular weight excluding hydrogens is 280 g/mol. The molecule has 0 aliphatic carbocycles. The van der Waals surface area contributed by atoms with Crippen molar-refractivity contribution in [2.45, 2.75) is 45.1 Å². The van der Waals surface area contributed by atoms with Gasteiger partial charge in [0.1, 0.15) is 5.69 Å². The largest absolute Gasteiger partial charge is 0.376 e. The molecule has 2 aliphatic rings. The lowest BCUT2D eigenvalue weighted by atomic mass is 10.1. The molecule has 22 heavy (non-hydrogen) atoms. The number of hydrogen-bond donors (Lipinski definition) is 1. The summed E-state index contributed by atoms with van der Waals surface area (Å²) in [7, 11) is 0. The van der Waals surface area contributed by atoms with Gasteiger partial charge in [-0.25, -0.2) is 9.97 Å². The number of ether oxygens (including phenoxy) is 1. The third kappa shape index (κ3) is 3.74. The van der Waals surface area contributed by atoms with Crippen LogP contribution < -0.4 is 5.32 Å². The maximum absolute atomic E-state index is 12.5. The van der Waals surface area contributed by atoms with Crippen molar-refractivity contribution in [1.82, 2.24) is 14.9 Å². The Hall–Kier alpha value is -1.69. The Kier molecular flexibility index (Phi) is 4.87. The van der Waals surface area contributed by atoms with Crippen LogP contribution in [0.25, 0.3) is 0 Å². The number of anilines is 1. The maximum Gasteiger partial charge on any atom is 0.272 e. The molecule has 1 amide bonds. The van der Waals surface area contributed by atoms with Gasteiger partial charge in [0.2, 0.25) is 5.95 Å². The zero-order valence-electron chi connectivity index (χ0n) is 13.2. The lowest BCUT2D eigenvalue weighted by molar-refractivity contribution is 0.0718. The van der Waals surface area contributed by atoms with Crippen molar-refractivity contribution < 1.29 is 9.53 Å². The fourth-order valence-corrected chi connectivity index (χ4v) is 3.03. The second-order valence-corrected chi connectivity index (χ2v) is 6.09. The van der Waals surface area contributed by atoms with Gasteiger partial charge in [0.25, 0.3) is 5.91 Å². The minimum atomic E-state index is 0.0189. The van der Waals surface area contributed by atoms with E-state index in [1.165, 1.54) is 6.42 Å². The van der Waals surface area contributed by atoms with Crippen LogP contribution in [0.5, 0.6) is 0 Å². The van der Waals surface area contributed by atoms with Crippen LogP contribution in [-0.2, 0) is 4.74 Å². The molecule has 3 rings (SSSR count). The summed E-state index contributed by atoms with van der Waals surface area (Å²) >= 11 is 0. The van der Waals surface area contributed by atoms with Gasteiger partial charge in [0.05, 0.1) is 6.10 Å². The first-order chi connectivity index (χ1) is 10.7. The van der Waals surface area contributed by atoms with Gasteiger partial charge in [-0.1, -0.05) is 0 Å². The average molecular weight is 304 g/mol. The number of amides is 1. The van der Waals surface area contributed by atoms with Crippen LogP contribution in [0.15, 0.2) is 6.07 Å². The Morgan fingerprint density at radius 3 is 2.86 bits per heavy atom. The monoisotopic (exact) mass is 304 g/mol. The number of aryl methyl sites for hydroxylation is 1. The number of piperidine rings is 1. The van der Waals surface area contributed by atoms with Crippen LogP contribution in [0.4, 0.5) is 5.95 Å². The van der Waals surface area contributed by atoms with Crippen LogP contribution in [0, 0.1) is 6.92 Å². The molecule has 0 bridgehead atoms. The number of nitrogens with zero attached hydrogens (tertiary/aromatic N) is 3. The first-order valence-electron chi connectivity index (χ1n) is 8.23. The highest BCUT2D eigenvalue weighted by molar-refractivity contribution is 5.92. The molecule has 0 spiro atoms. The van der Waals surface area contributed by atoms with Crippen molar-refractivity contribution in [2.24, 2.45) is 0 Å². The SMILES string of the molecule is Cc1cc(C(=O)N2CCCCC2)nc(NCC2CCCO2)n1. The Balaban J connectivity index is 1.67. The first kappa shape index (κ1) is 15.2. The van der Waals surface area contributed by atoms with Gasteiger partial charge >= 0.3 is 0 Å². The van der Waals surface area contributed by atoms with Gasteiger partial charge in [-0.2, -0.15) is 0 Å². The number of carbonyl (C=O) groups excluding carboxylic acids is 1. The molecule has 0 radical (unpaired) electrons. The fourth-order valence-electron chi connectivity index (χ4n) is 3.03. The number of carbonyl (C=O) groups is 1. The second-order valence-electron chi connectivity index (χ2n) is 6.09. The number of aromatic nitrogens is 2. The van der Waals surface area contributed by atoms with Crippen molar-refractivity contribution in [3.05, 3.63) is 17.5 Å². The van der Waals surface area contributed by atoms with E-state index in [9.17, 15) is 4.79 Å². The molecule has 1 aromatic heterocycles. The second kappa shape index (κ2) is 7.05. The van der Waals surface area contributed by atoms with Crippen LogP contribution in [0.2, 0.25) is 0 Å². The minimum absolute atomic E-state index is 0.0189. The van der Waals surface area contributed by atoms with E-state index in [2.05, 4.69) is 15.3 Å². The topological polar surface area (TPSA) is 67.4 Å². The highest BCUT2D eigenvalue weighted by Gasteiger charge is 2.21. The number of rotatable bonds is 4. The van der Waals surface area contributed by atoms with Crippen LogP contribution in [0.1, 0.15) is 48.3 Å². The highest BCUT2D eigenvalue weighted by Crippen LogP contribution is 2.15. The van der Waals surface area contributed by atoms with E-state index in [4.69, 9.17) is 4.74 Å². The fraction of sp³-hybridized carbons (Fsp3) is 0.688. The predicted octanol–water partition coefficient (Wildman–Crippen LogP) is 2.00. The van der Waals surface area contributed by atoms with Crippen molar-refractivity contribution in [2.75, 3.05) is 31.6 Å². The number of hydrogen-bond acceptors (Lipinski definition) is 5. The Labute approximate surface area is 131 Å². The van der Waals surface area contributed by atoms with Gasteiger partial charge in [-0.15, -0.1) is 0 Å². The van der Waals surface area contributed by atoms with Crippen molar-refractivity contribution >= 4 is 11.9 Å². The summed E-state index contributed by atoms with van der Waals surface area (Å²) in [6.45, 7) is 5.09. The van der Waals surface area contributed by atoms with Crippen LogP contribution in [-0.4, -0.2) is 53.1 Å². The number of nitrogens with one attached hydrogen (secondary N) is 1. The molecule has 1 N–H and O–H groups in total. The Morgan fingerprint density at radius 2 is 2.14 bits per heavy atom. The zero-order chi connectivity index (χ0) is 15.4. The molecule has 2 fully saturated rings. The smallest absolute Gasteiger partial charge is 0.272 e. The quantitative estimate of drug-likeness (QED) is 0.921. The van der Waals surface area contributed by atoms with Crippen molar-refractivity contribution in [1.29, 1.82) is 0 Å². The third-order valence-corrected chi connectivity index (χ3v) is 4.23. The number of likely N-dealkylation sites (tertiary alicyclic amines) is 1. The van der Waals surface area contributed by atoms with Gasteiger partial charge in [-0.3, -0.25) is 4.79 Å². The molecule has 2 aliphatic heterocycles. The highest BCUT2D eigenvalue weighted by atomic mass is 16.5. The van der Waals surface area contributed by atoms with E-state index in [1.54, 1.807) is 6.07 Å². The van der Waals surface area contributed by atoms with Gasteiger partial charge in [0.15, 0.2) is 0 Å². The first-order valence-corrected chi connectivity index (χ1v) is 8.23. The van der Waals surface area contributed by atoms with Gasteiger partial charge in [-0.05, 0) is 45.1 Å². The van der Waals surface area contributed by atoms with E-state index in [0.717, 1.165) is 51.1 Å². The van der Waals surface area contributed by atoms with Gasteiger partial charge in [0, 0.05) is 31.9 Å². The summed E-state index contributed by atoms with van der Waals surface area (Å²) in [5.74, 6) is 0.543. The zero-order valence-corrected chi connectivity index (χ0v) is 13.2. The van der Waals surface area contributed by atoms with E-state index in [0.29, 0.717) is 18.2 Å². The summed E-state index contributed by atoms with van der Waals surface area (Å²) in [5, 5.41) is 3.21. The normalized spacial score (nSPS) is 21.9. The van der Waals surface area contributed by atoms with E-state index < -0.39 is 0 Å². The molecule has 6 nitrogen and oxygen atoms in total. The third-order valence-electron chi connectivity index (χ3n) is 4.23. The molecule has 3 heterocycles. The molecule has 0 aromatic carbocycles. The van der Waals surface area contributed by atoms with Gasteiger partial charge < -0.3 is 15.0 Å². The minimum Gasteiger partial charge on any atom is -0.376 e. The summed E-state index contributed by atoms with van der Waals surface area (Å²) in [6, 6.07) is 1.77. The predicted molar refractivity (Wildman–Crippen MR) is 84.0 cm³/mol.